The van der Waals surface area contributed by atoms with Crippen LogP contribution >= 0.6 is 23.2 Å². The van der Waals surface area contributed by atoms with Crippen molar-refractivity contribution in [3.63, 3.8) is 0 Å². The summed E-state index contributed by atoms with van der Waals surface area (Å²) in [5, 5.41) is -1.80. The standard InChI is InChI=1S/C15H6Cl2F6O/c16-11-7(3-1-5-9(11)14(18,19)20)13(24)8-4-2-6-10(12(8)17)15(21,22)23/h1-6H. The maximum absolute atomic E-state index is 12.8. The predicted molar refractivity (Wildman–Crippen MR) is 76.3 cm³/mol. The molecular formula is C15H6Cl2F6O. The number of carbonyl (C=O) groups is 1. The van der Waals surface area contributed by atoms with Crippen molar-refractivity contribution in [2.75, 3.05) is 0 Å². The van der Waals surface area contributed by atoms with Gasteiger partial charge in [0.1, 0.15) is 0 Å². The van der Waals surface area contributed by atoms with Crippen LogP contribution in [0.3, 0.4) is 0 Å². The second-order valence-corrected chi connectivity index (χ2v) is 5.41. The maximum Gasteiger partial charge on any atom is 0.417 e. The summed E-state index contributed by atoms with van der Waals surface area (Å²) in [6, 6.07) is 5.15. The van der Waals surface area contributed by atoms with Gasteiger partial charge in [-0.15, -0.1) is 0 Å². The predicted octanol–water partition coefficient (Wildman–Crippen LogP) is 6.26. The largest absolute Gasteiger partial charge is 0.417 e. The lowest BCUT2D eigenvalue weighted by Gasteiger charge is -2.14. The SMILES string of the molecule is O=C(c1cccc(C(F)(F)F)c1Cl)c1cccc(C(F)(F)F)c1Cl. The number of benzene rings is 2. The lowest BCUT2D eigenvalue weighted by Crippen LogP contribution is -2.12. The zero-order valence-electron chi connectivity index (χ0n) is 11.4. The van der Waals surface area contributed by atoms with E-state index in [1.54, 1.807) is 0 Å². The van der Waals surface area contributed by atoms with Crippen LogP contribution in [0.1, 0.15) is 27.0 Å². The lowest BCUT2D eigenvalue weighted by molar-refractivity contribution is -0.138. The fourth-order valence-corrected chi connectivity index (χ4v) is 2.64. The third kappa shape index (κ3) is 3.52. The van der Waals surface area contributed by atoms with E-state index in [4.69, 9.17) is 23.2 Å². The molecule has 0 atom stereocenters. The van der Waals surface area contributed by atoms with Gasteiger partial charge in [-0.3, -0.25) is 4.79 Å². The first-order valence-corrected chi connectivity index (χ1v) is 6.96. The van der Waals surface area contributed by atoms with Gasteiger partial charge in [0.05, 0.1) is 21.2 Å². The van der Waals surface area contributed by atoms with Crippen molar-refractivity contribution in [3.8, 4) is 0 Å². The average molecular weight is 387 g/mol. The number of hydrogen-bond donors (Lipinski definition) is 0. The van der Waals surface area contributed by atoms with Gasteiger partial charge in [0.2, 0.25) is 0 Å². The first-order chi connectivity index (χ1) is 10.9. The highest BCUT2D eigenvalue weighted by atomic mass is 35.5. The fraction of sp³-hybridized carbons (Fsp3) is 0.133. The van der Waals surface area contributed by atoms with Crippen molar-refractivity contribution in [3.05, 3.63) is 68.7 Å². The molecular weight excluding hydrogens is 381 g/mol. The molecule has 0 fully saturated rings. The molecule has 0 spiro atoms. The molecule has 0 heterocycles. The molecule has 2 rings (SSSR count). The van der Waals surface area contributed by atoms with Crippen molar-refractivity contribution in [2.45, 2.75) is 12.4 Å². The van der Waals surface area contributed by atoms with Crippen LogP contribution < -0.4 is 0 Å². The summed E-state index contributed by atoms with van der Waals surface area (Å²) in [6.45, 7) is 0. The smallest absolute Gasteiger partial charge is 0.288 e. The number of halogens is 8. The minimum absolute atomic E-state index is 0.590. The van der Waals surface area contributed by atoms with E-state index in [-0.39, 0.29) is 0 Å². The molecule has 128 valence electrons. The van der Waals surface area contributed by atoms with Crippen molar-refractivity contribution in [1.82, 2.24) is 0 Å². The summed E-state index contributed by atoms with van der Waals surface area (Å²) >= 11 is 11.2. The van der Waals surface area contributed by atoms with E-state index in [0.717, 1.165) is 24.3 Å². The first-order valence-electron chi connectivity index (χ1n) is 6.20. The van der Waals surface area contributed by atoms with Crippen LogP contribution in [-0.4, -0.2) is 5.78 Å². The maximum atomic E-state index is 12.8. The second-order valence-electron chi connectivity index (χ2n) is 4.66. The highest BCUT2D eigenvalue weighted by molar-refractivity contribution is 6.39. The van der Waals surface area contributed by atoms with Crippen LogP contribution in [0.25, 0.3) is 0 Å². The third-order valence-electron chi connectivity index (χ3n) is 3.10. The number of ketones is 1. The summed E-state index contributed by atoms with van der Waals surface area (Å²) in [6.07, 6.45) is -9.63. The first kappa shape index (κ1) is 18.6. The van der Waals surface area contributed by atoms with Crippen LogP contribution in [0.2, 0.25) is 10.0 Å². The Bertz CT molecular complexity index is 730. The van der Waals surface area contributed by atoms with Gasteiger partial charge >= 0.3 is 12.4 Å². The fourth-order valence-electron chi connectivity index (χ4n) is 2.00. The molecule has 0 radical (unpaired) electrons. The Morgan fingerprint density at radius 2 is 1.04 bits per heavy atom. The third-order valence-corrected chi connectivity index (χ3v) is 3.91. The van der Waals surface area contributed by atoms with E-state index in [1.807, 2.05) is 0 Å². The van der Waals surface area contributed by atoms with E-state index in [1.165, 1.54) is 0 Å². The van der Waals surface area contributed by atoms with Crippen LogP contribution in [0, 0.1) is 0 Å². The molecule has 0 saturated carbocycles. The Balaban J connectivity index is 2.60. The van der Waals surface area contributed by atoms with Gasteiger partial charge in [-0.2, -0.15) is 26.3 Å². The van der Waals surface area contributed by atoms with Gasteiger partial charge in [0, 0.05) is 11.1 Å². The van der Waals surface area contributed by atoms with Crippen LogP contribution in [0.4, 0.5) is 26.3 Å². The summed E-state index contributed by atoms with van der Waals surface area (Å²) in [7, 11) is 0. The van der Waals surface area contributed by atoms with Gasteiger partial charge in [-0.05, 0) is 24.3 Å². The zero-order chi connectivity index (χ0) is 18.3. The van der Waals surface area contributed by atoms with Crippen molar-refractivity contribution >= 4 is 29.0 Å². The molecule has 2 aromatic rings. The normalized spacial score (nSPS) is 12.3. The van der Waals surface area contributed by atoms with E-state index in [9.17, 15) is 31.1 Å². The monoisotopic (exact) mass is 386 g/mol. The van der Waals surface area contributed by atoms with E-state index < -0.39 is 50.4 Å². The minimum Gasteiger partial charge on any atom is -0.288 e. The van der Waals surface area contributed by atoms with Crippen molar-refractivity contribution in [2.24, 2.45) is 0 Å². The molecule has 0 unspecified atom stereocenters. The van der Waals surface area contributed by atoms with E-state index in [2.05, 4.69) is 0 Å². The van der Waals surface area contributed by atoms with Gasteiger partial charge in [0.15, 0.2) is 5.78 Å². The number of rotatable bonds is 2. The summed E-state index contributed by atoms with van der Waals surface area (Å²) < 4.78 is 76.9. The van der Waals surface area contributed by atoms with E-state index >= 15 is 0 Å². The average Bonchev–Trinajstić information content (AvgIpc) is 2.44. The van der Waals surface area contributed by atoms with Crippen LogP contribution in [-0.2, 0) is 12.4 Å². The highest BCUT2D eigenvalue weighted by Crippen LogP contribution is 2.39. The zero-order valence-corrected chi connectivity index (χ0v) is 12.9. The summed E-state index contributed by atoms with van der Waals surface area (Å²) in [5.74, 6) is -1.14. The van der Waals surface area contributed by atoms with Gasteiger partial charge in [-0.1, -0.05) is 35.3 Å². The van der Waals surface area contributed by atoms with Gasteiger partial charge in [0.25, 0.3) is 0 Å². The van der Waals surface area contributed by atoms with Gasteiger partial charge in [-0.25, -0.2) is 0 Å². The topological polar surface area (TPSA) is 17.1 Å². The molecule has 0 aliphatic rings. The summed E-state index contributed by atoms with van der Waals surface area (Å²) in [4.78, 5) is 12.3. The summed E-state index contributed by atoms with van der Waals surface area (Å²) in [5.41, 5.74) is -3.71. The Labute approximate surface area is 141 Å². The molecule has 0 aliphatic carbocycles. The van der Waals surface area contributed by atoms with Gasteiger partial charge < -0.3 is 0 Å². The van der Waals surface area contributed by atoms with Crippen LogP contribution in [0.5, 0.6) is 0 Å². The Kier molecular flexibility index (Phi) is 4.88. The molecule has 0 bridgehead atoms. The Morgan fingerprint density at radius 1 is 0.708 bits per heavy atom. The molecule has 24 heavy (non-hydrogen) atoms. The molecule has 0 aromatic heterocycles. The number of alkyl halides is 6. The van der Waals surface area contributed by atoms with Crippen molar-refractivity contribution in [1.29, 1.82) is 0 Å². The highest BCUT2D eigenvalue weighted by Gasteiger charge is 2.37. The molecule has 2 aromatic carbocycles. The Morgan fingerprint density at radius 3 is 1.33 bits per heavy atom. The molecule has 9 heteroatoms. The Hall–Kier alpha value is -1.73. The molecule has 1 nitrogen and oxygen atoms in total. The number of carbonyl (C=O) groups excluding carboxylic acids is 1. The molecule has 0 amide bonds. The van der Waals surface area contributed by atoms with Crippen LogP contribution in [0.15, 0.2) is 36.4 Å². The molecule has 0 N–H and O–H groups in total. The quantitative estimate of drug-likeness (QED) is 0.439. The van der Waals surface area contributed by atoms with Crippen molar-refractivity contribution < 1.29 is 31.1 Å². The second kappa shape index (κ2) is 6.29. The minimum atomic E-state index is -4.81. The number of hydrogen-bond acceptors (Lipinski definition) is 1. The molecule has 0 aliphatic heterocycles. The lowest BCUT2D eigenvalue weighted by atomic mass is 9.99. The molecule has 0 saturated heterocycles. The van der Waals surface area contributed by atoms with E-state index in [0.29, 0.717) is 12.1 Å².